The molecule has 0 atom stereocenters. The highest BCUT2D eigenvalue weighted by Crippen LogP contribution is 1.81. The van der Waals surface area contributed by atoms with Crippen molar-refractivity contribution in [1.82, 2.24) is 10.6 Å². The Bertz CT molecular complexity index is 107. The Labute approximate surface area is 73.3 Å². The van der Waals surface area contributed by atoms with E-state index in [1.165, 1.54) is 6.08 Å². The normalized spacial score (nSPS) is 15.8. The van der Waals surface area contributed by atoms with Crippen molar-refractivity contribution in [2.24, 2.45) is 0 Å². The maximum Gasteiger partial charge on any atom is 0.269 e. The summed E-state index contributed by atoms with van der Waals surface area (Å²) in [7, 11) is 0. The molecule has 1 rings (SSSR count). The third-order valence-corrected chi connectivity index (χ3v) is 1.34. The summed E-state index contributed by atoms with van der Waals surface area (Å²) in [5, 5.41) is 22.4. The molecule has 4 heteroatoms. The maximum atomic E-state index is 7.97. The Hall–Kier alpha value is -0.740. The van der Waals surface area contributed by atoms with Crippen molar-refractivity contribution in [2.45, 2.75) is 13.3 Å². The van der Waals surface area contributed by atoms with Crippen LogP contribution in [0.5, 0.6) is 0 Å². The van der Waals surface area contributed by atoms with Crippen molar-refractivity contribution in [3.63, 3.8) is 0 Å². The van der Waals surface area contributed by atoms with Crippen molar-refractivity contribution in [1.29, 1.82) is 0 Å². The first-order valence-electron chi connectivity index (χ1n) is 4.27. The Morgan fingerprint density at radius 2 is 1.58 bits per heavy atom. The maximum absolute atomic E-state index is 7.97. The van der Waals surface area contributed by atoms with Crippen LogP contribution in [0.2, 0.25) is 0 Å². The van der Waals surface area contributed by atoms with Crippen LogP contribution in [0.25, 0.3) is 0 Å². The highest BCUT2D eigenvalue weighted by molar-refractivity contribution is 4.75. The molecule has 0 amide bonds. The summed E-state index contributed by atoms with van der Waals surface area (Å²) in [4.78, 5) is 0. The Kier molecular flexibility index (Phi) is 7.84. The predicted octanol–water partition coefficient (Wildman–Crippen LogP) is 0.533. The molecule has 0 aromatic heterocycles. The van der Waals surface area contributed by atoms with Crippen molar-refractivity contribution in [3.05, 3.63) is 12.0 Å². The number of allylic oxidation sites excluding steroid dienone is 1. The molecule has 12 heavy (non-hydrogen) atoms. The predicted molar refractivity (Wildman–Crippen MR) is 49.4 cm³/mol. The lowest BCUT2D eigenvalue weighted by molar-refractivity contribution is 0.189. The lowest BCUT2D eigenvalue weighted by atomic mass is 10.4. The average molecular weight is 174 g/mol. The molecule has 0 unspecified atom stereocenters. The van der Waals surface area contributed by atoms with E-state index in [1.807, 2.05) is 6.92 Å². The molecule has 4 N–H and O–H groups in total. The largest absolute Gasteiger partial charge is 0.481 e. The van der Waals surface area contributed by atoms with E-state index in [0.29, 0.717) is 6.42 Å². The molecular weight excluding hydrogens is 156 g/mol. The Balaban J connectivity index is 0.000000202. The van der Waals surface area contributed by atoms with Gasteiger partial charge in [0.1, 0.15) is 0 Å². The second-order valence-corrected chi connectivity index (χ2v) is 2.47. The molecule has 0 aromatic carbocycles. The van der Waals surface area contributed by atoms with E-state index in [-0.39, 0.29) is 0 Å². The minimum atomic E-state index is -0.586. The quantitative estimate of drug-likeness (QED) is 0.438. The van der Waals surface area contributed by atoms with E-state index >= 15 is 0 Å². The summed E-state index contributed by atoms with van der Waals surface area (Å²) in [5.41, 5.74) is 0. The molecular formula is C8H18N2O2. The van der Waals surface area contributed by atoms with Gasteiger partial charge in [-0.25, -0.2) is 0 Å². The van der Waals surface area contributed by atoms with Gasteiger partial charge >= 0.3 is 0 Å². The number of aliphatic hydroxyl groups excluding tert-OH is 1. The van der Waals surface area contributed by atoms with Crippen molar-refractivity contribution < 1.29 is 10.2 Å². The molecule has 1 aliphatic rings. The van der Waals surface area contributed by atoms with E-state index in [2.05, 4.69) is 10.6 Å². The molecule has 1 fully saturated rings. The van der Waals surface area contributed by atoms with Gasteiger partial charge in [0.2, 0.25) is 0 Å². The van der Waals surface area contributed by atoms with Crippen LogP contribution in [0, 0.1) is 0 Å². The first kappa shape index (κ1) is 11.3. The zero-order chi connectivity index (χ0) is 9.23. The van der Waals surface area contributed by atoms with Gasteiger partial charge in [-0.05, 0) is 12.5 Å². The van der Waals surface area contributed by atoms with Gasteiger partial charge < -0.3 is 20.8 Å². The molecule has 0 bridgehead atoms. The highest BCUT2D eigenvalue weighted by Gasteiger charge is 1.91. The molecule has 1 heterocycles. The van der Waals surface area contributed by atoms with Gasteiger partial charge in [-0.2, -0.15) is 0 Å². The summed E-state index contributed by atoms with van der Waals surface area (Å²) in [5.74, 6) is -0.586. The fraction of sp³-hybridized carbons (Fsp3) is 0.750. The number of rotatable bonds is 1. The first-order valence-corrected chi connectivity index (χ1v) is 4.27. The second-order valence-electron chi connectivity index (χ2n) is 2.47. The number of nitrogens with one attached hydrogen (secondary N) is 2. The molecule has 0 spiro atoms. The van der Waals surface area contributed by atoms with Crippen LogP contribution in [0.3, 0.4) is 0 Å². The molecule has 0 radical (unpaired) electrons. The minimum absolute atomic E-state index is 0.586. The smallest absolute Gasteiger partial charge is 0.269 e. The van der Waals surface area contributed by atoms with E-state index in [1.54, 1.807) is 0 Å². The third kappa shape index (κ3) is 9.26. The topological polar surface area (TPSA) is 64.5 Å². The summed E-state index contributed by atoms with van der Waals surface area (Å²) in [6.07, 6.45) is 1.99. The average Bonchev–Trinajstić information content (AvgIpc) is 2.08. The van der Waals surface area contributed by atoms with Gasteiger partial charge in [-0.3, -0.25) is 0 Å². The fourth-order valence-electron chi connectivity index (χ4n) is 0.786. The van der Waals surface area contributed by atoms with Crippen molar-refractivity contribution >= 4 is 0 Å². The zero-order valence-electron chi connectivity index (χ0n) is 7.51. The first-order chi connectivity index (χ1) is 5.77. The third-order valence-electron chi connectivity index (χ3n) is 1.34. The summed E-state index contributed by atoms with van der Waals surface area (Å²) in [6, 6.07) is 0. The van der Waals surface area contributed by atoms with Gasteiger partial charge in [0.05, 0.1) is 0 Å². The molecule has 0 aromatic rings. The summed E-state index contributed by atoms with van der Waals surface area (Å²) < 4.78 is 0. The molecule has 1 saturated heterocycles. The Morgan fingerprint density at radius 1 is 1.17 bits per heavy atom. The van der Waals surface area contributed by atoms with E-state index < -0.39 is 5.95 Å². The van der Waals surface area contributed by atoms with Crippen LogP contribution in [-0.4, -0.2) is 36.4 Å². The number of hydrogen-bond donors (Lipinski definition) is 4. The molecule has 1 aliphatic heterocycles. The lowest BCUT2D eigenvalue weighted by Gasteiger charge is -2.11. The monoisotopic (exact) mass is 174 g/mol. The second kappa shape index (κ2) is 8.36. The van der Waals surface area contributed by atoms with Crippen LogP contribution in [0.15, 0.2) is 12.0 Å². The molecule has 72 valence electrons. The fourth-order valence-corrected chi connectivity index (χ4v) is 0.786. The lowest BCUT2D eigenvalue weighted by Crippen LogP contribution is -2.39. The summed E-state index contributed by atoms with van der Waals surface area (Å²) in [6.45, 7) is 6.38. The summed E-state index contributed by atoms with van der Waals surface area (Å²) >= 11 is 0. The van der Waals surface area contributed by atoms with Crippen LogP contribution in [-0.2, 0) is 0 Å². The SMILES string of the molecule is C1CNCCN1.CCC=C(O)O. The van der Waals surface area contributed by atoms with E-state index in [4.69, 9.17) is 10.2 Å². The van der Waals surface area contributed by atoms with Crippen LogP contribution in [0.4, 0.5) is 0 Å². The zero-order valence-corrected chi connectivity index (χ0v) is 7.51. The Morgan fingerprint density at radius 3 is 1.67 bits per heavy atom. The molecule has 0 saturated carbocycles. The van der Waals surface area contributed by atoms with Gasteiger partial charge in [0.25, 0.3) is 5.95 Å². The molecule has 0 aliphatic carbocycles. The number of piperazine rings is 1. The van der Waals surface area contributed by atoms with Crippen molar-refractivity contribution in [2.75, 3.05) is 26.2 Å². The van der Waals surface area contributed by atoms with E-state index in [0.717, 1.165) is 26.2 Å². The molecule has 4 nitrogen and oxygen atoms in total. The van der Waals surface area contributed by atoms with E-state index in [9.17, 15) is 0 Å². The van der Waals surface area contributed by atoms with Crippen LogP contribution < -0.4 is 10.6 Å². The minimum Gasteiger partial charge on any atom is -0.481 e. The van der Waals surface area contributed by atoms with Crippen LogP contribution in [0.1, 0.15) is 13.3 Å². The standard InChI is InChI=1S/C4H10N2.C4H8O2/c1-2-6-4-3-5-1;1-2-3-4(5)6/h5-6H,1-4H2;3,5-6H,2H2,1H3. The number of hydrogen-bond acceptors (Lipinski definition) is 4. The number of aliphatic hydroxyl groups is 2. The van der Waals surface area contributed by atoms with Gasteiger partial charge in [0, 0.05) is 26.2 Å². The highest BCUT2D eigenvalue weighted by atomic mass is 16.5. The van der Waals surface area contributed by atoms with Gasteiger partial charge in [-0.15, -0.1) is 0 Å². The van der Waals surface area contributed by atoms with Crippen LogP contribution >= 0.6 is 0 Å². The van der Waals surface area contributed by atoms with Gasteiger partial charge in [0.15, 0.2) is 0 Å². The van der Waals surface area contributed by atoms with Gasteiger partial charge in [-0.1, -0.05) is 6.92 Å². The van der Waals surface area contributed by atoms with Crippen molar-refractivity contribution in [3.8, 4) is 0 Å².